The van der Waals surface area contributed by atoms with E-state index in [9.17, 15) is 17.6 Å². The summed E-state index contributed by atoms with van der Waals surface area (Å²) in [5, 5.41) is 0. The minimum absolute atomic E-state index is 0.0608. The highest BCUT2D eigenvalue weighted by atomic mass is 32.2. The van der Waals surface area contributed by atoms with Crippen LogP contribution < -0.4 is 5.73 Å². The zero-order chi connectivity index (χ0) is 14.9. The fourth-order valence-corrected chi connectivity index (χ4v) is 3.01. The van der Waals surface area contributed by atoms with Crippen LogP contribution in [0.5, 0.6) is 0 Å². The van der Waals surface area contributed by atoms with Crippen LogP contribution >= 0.6 is 0 Å². The van der Waals surface area contributed by atoms with Gasteiger partial charge in [0.05, 0.1) is 15.5 Å². The summed E-state index contributed by atoms with van der Waals surface area (Å²) in [5.41, 5.74) is 5.48. The van der Waals surface area contributed by atoms with Crippen molar-refractivity contribution in [2.75, 3.05) is 5.73 Å². The lowest BCUT2D eigenvalue weighted by Gasteiger charge is -2.07. The molecule has 0 saturated heterocycles. The maximum absolute atomic E-state index is 13.4. The Kier molecular flexibility index (Phi) is 3.59. The summed E-state index contributed by atoms with van der Waals surface area (Å²) in [6.07, 6.45) is 0. The van der Waals surface area contributed by atoms with Crippen LogP contribution in [0.25, 0.3) is 0 Å². The van der Waals surface area contributed by atoms with E-state index < -0.39 is 15.7 Å². The molecular formula is C14H12FNO3S. The first-order valence-corrected chi connectivity index (χ1v) is 7.22. The molecule has 2 aromatic carbocycles. The van der Waals surface area contributed by atoms with Crippen molar-refractivity contribution >= 4 is 21.3 Å². The maximum atomic E-state index is 13.4. The molecule has 0 fully saturated rings. The average Bonchev–Trinajstić information content (AvgIpc) is 2.42. The van der Waals surface area contributed by atoms with Gasteiger partial charge < -0.3 is 5.73 Å². The van der Waals surface area contributed by atoms with E-state index >= 15 is 0 Å². The molecule has 0 saturated carbocycles. The maximum Gasteiger partial charge on any atom is 0.206 e. The van der Waals surface area contributed by atoms with Gasteiger partial charge in [-0.25, -0.2) is 12.8 Å². The first kappa shape index (κ1) is 14.2. The van der Waals surface area contributed by atoms with Gasteiger partial charge in [0.2, 0.25) is 9.84 Å². The topological polar surface area (TPSA) is 77.2 Å². The molecule has 0 atom stereocenters. The molecule has 2 rings (SSSR count). The third-order valence-electron chi connectivity index (χ3n) is 2.83. The Labute approximate surface area is 116 Å². The number of ketones is 1. The van der Waals surface area contributed by atoms with Crippen molar-refractivity contribution in [2.24, 2.45) is 0 Å². The van der Waals surface area contributed by atoms with Crippen LogP contribution in [-0.2, 0) is 9.84 Å². The summed E-state index contributed by atoms with van der Waals surface area (Å²) < 4.78 is 38.1. The Morgan fingerprint density at radius 3 is 2.35 bits per heavy atom. The number of carbonyl (C=O) groups excluding carboxylic acids is 1. The summed E-state index contributed by atoms with van der Waals surface area (Å²) in [6, 6.07) is 8.90. The number of nitrogens with two attached hydrogens (primary N) is 1. The van der Waals surface area contributed by atoms with Crippen LogP contribution in [-0.4, -0.2) is 14.2 Å². The number of hydrogen-bond acceptors (Lipinski definition) is 4. The predicted octanol–water partition coefficient (Wildman–Crippen LogP) is 2.44. The Bertz CT molecular complexity index is 785. The predicted molar refractivity (Wildman–Crippen MR) is 72.7 cm³/mol. The lowest BCUT2D eigenvalue weighted by atomic mass is 10.2. The SMILES string of the molecule is CC(=O)c1cccc(S(=O)(=O)c2ccc(N)c(F)c2)c1. The minimum Gasteiger partial charge on any atom is -0.396 e. The van der Waals surface area contributed by atoms with E-state index in [1.54, 1.807) is 0 Å². The van der Waals surface area contributed by atoms with Gasteiger partial charge in [0.1, 0.15) is 5.82 Å². The Morgan fingerprint density at radius 1 is 1.10 bits per heavy atom. The van der Waals surface area contributed by atoms with E-state index in [1.807, 2.05) is 0 Å². The second-order valence-corrected chi connectivity index (χ2v) is 6.22. The number of halogens is 1. The monoisotopic (exact) mass is 293 g/mol. The zero-order valence-electron chi connectivity index (χ0n) is 10.6. The number of Topliss-reactive ketones (excluding diaryl/α,β-unsaturated/α-hetero) is 1. The Hall–Kier alpha value is -2.21. The van der Waals surface area contributed by atoms with E-state index in [4.69, 9.17) is 5.73 Å². The highest BCUT2D eigenvalue weighted by Crippen LogP contribution is 2.24. The molecule has 0 amide bonds. The van der Waals surface area contributed by atoms with Crippen LogP contribution in [0.2, 0.25) is 0 Å². The van der Waals surface area contributed by atoms with Gasteiger partial charge in [-0.05, 0) is 37.3 Å². The molecule has 0 aliphatic carbocycles. The van der Waals surface area contributed by atoms with Crippen LogP contribution in [0.4, 0.5) is 10.1 Å². The van der Waals surface area contributed by atoms with Gasteiger partial charge in [0.15, 0.2) is 5.78 Å². The largest absolute Gasteiger partial charge is 0.396 e. The van der Waals surface area contributed by atoms with Crippen molar-refractivity contribution in [1.82, 2.24) is 0 Å². The second-order valence-electron chi connectivity index (χ2n) is 4.27. The van der Waals surface area contributed by atoms with Gasteiger partial charge in [0.25, 0.3) is 0 Å². The molecule has 0 bridgehead atoms. The average molecular weight is 293 g/mol. The third-order valence-corrected chi connectivity index (χ3v) is 4.58. The van der Waals surface area contributed by atoms with Crippen molar-refractivity contribution in [2.45, 2.75) is 16.7 Å². The number of rotatable bonds is 3. The normalized spacial score (nSPS) is 11.3. The molecule has 0 aliphatic rings. The highest BCUT2D eigenvalue weighted by Gasteiger charge is 2.19. The van der Waals surface area contributed by atoms with Crippen molar-refractivity contribution in [1.29, 1.82) is 0 Å². The van der Waals surface area contributed by atoms with Crippen LogP contribution in [0, 0.1) is 5.82 Å². The molecule has 0 unspecified atom stereocenters. The molecule has 20 heavy (non-hydrogen) atoms. The Morgan fingerprint density at radius 2 is 1.75 bits per heavy atom. The van der Waals surface area contributed by atoms with E-state index in [1.165, 1.54) is 43.3 Å². The first-order valence-electron chi connectivity index (χ1n) is 5.73. The van der Waals surface area contributed by atoms with Crippen molar-refractivity contribution < 1.29 is 17.6 Å². The van der Waals surface area contributed by atoms with Gasteiger partial charge in [-0.2, -0.15) is 0 Å². The van der Waals surface area contributed by atoms with E-state index in [-0.39, 0.29) is 26.8 Å². The summed E-state index contributed by atoms with van der Waals surface area (Å²) >= 11 is 0. The molecule has 4 nitrogen and oxygen atoms in total. The fourth-order valence-electron chi connectivity index (χ4n) is 1.69. The fraction of sp³-hybridized carbons (Fsp3) is 0.0714. The molecule has 2 aromatic rings. The van der Waals surface area contributed by atoms with Crippen LogP contribution in [0.1, 0.15) is 17.3 Å². The third kappa shape index (κ3) is 2.55. The van der Waals surface area contributed by atoms with Crippen LogP contribution in [0.15, 0.2) is 52.3 Å². The van der Waals surface area contributed by atoms with Crippen LogP contribution in [0.3, 0.4) is 0 Å². The number of sulfone groups is 1. The van der Waals surface area contributed by atoms with Gasteiger partial charge >= 0.3 is 0 Å². The van der Waals surface area contributed by atoms with Crippen molar-refractivity contribution in [3.63, 3.8) is 0 Å². The molecule has 0 spiro atoms. The lowest BCUT2D eigenvalue weighted by molar-refractivity contribution is 0.101. The smallest absolute Gasteiger partial charge is 0.206 e. The lowest BCUT2D eigenvalue weighted by Crippen LogP contribution is -2.05. The molecule has 6 heteroatoms. The standard InChI is InChI=1S/C14H12FNO3S/c1-9(17)10-3-2-4-11(7-10)20(18,19)12-5-6-14(16)13(15)8-12/h2-8H,16H2,1H3. The number of carbonyl (C=O) groups is 1. The number of benzene rings is 2. The van der Waals surface area contributed by atoms with Gasteiger partial charge in [-0.3, -0.25) is 4.79 Å². The second kappa shape index (κ2) is 5.05. The Balaban J connectivity index is 2.57. The number of hydrogen-bond donors (Lipinski definition) is 1. The summed E-state index contributed by atoms with van der Waals surface area (Å²) in [6.45, 7) is 1.34. The molecule has 0 heterocycles. The quantitative estimate of drug-likeness (QED) is 0.696. The molecule has 2 N–H and O–H groups in total. The summed E-state index contributed by atoms with van der Waals surface area (Å²) in [4.78, 5) is 11.0. The van der Waals surface area contributed by atoms with Crippen molar-refractivity contribution in [3.05, 3.63) is 53.8 Å². The molecule has 0 radical (unpaired) electrons. The molecule has 0 aromatic heterocycles. The molecular weight excluding hydrogens is 281 g/mol. The minimum atomic E-state index is -3.88. The zero-order valence-corrected chi connectivity index (χ0v) is 11.4. The van der Waals surface area contributed by atoms with Gasteiger partial charge in [0, 0.05) is 5.56 Å². The first-order chi connectivity index (χ1) is 9.32. The number of anilines is 1. The summed E-state index contributed by atoms with van der Waals surface area (Å²) in [7, 11) is -3.88. The van der Waals surface area contributed by atoms with Crippen molar-refractivity contribution in [3.8, 4) is 0 Å². The molecule has 0 aliphatic heterocycles. The summed E-state index contributed by atoms with van der Waals surface area (Å²) in [5.74, 6) is -1.04. The van der Waals surface area contributed by atoms with E-state index in [0.29, 0.717) is 0 Å². The van der Waals surface area contributed by atoms with E-state index in [2.05, 4.69) is 0 Å². The molecule has 104 valence electrons. The van der Waals surface area contributed by atoms with Gasteiger partial charge in [-0.15, -0.1) is 0 Å². The van der Waals surface area contributed by atoms with E-state index in [0.717, 1.165) is 6.07 Å². The highest BCUT2D eigenvalue weighted by molar-refractivity contribution is 7.91. The van der Waals surface area contributed by atoms with Gasteiger partial charge in [-0.1, -0.05) is 12.1 Å². The number of nitrogen functional groups attached to an aromatic ring is 1.